The van der Waals surface area contributed by atoms with Gasteiger partial charge in [-0.05, 0) is 57.0 Å². The molecule has 0 spiro atoms. The van der Waals surface area contributed by atoms with Gasteiger partial charge in [0.25, 0.3) is 0 Å². The fourth-order valence-corrected chi connectivity index (χ4v) is 6.28. The molecule has 0 radical (unpaired) electrons. The van der Waals surface area contributed by atoms with E-state index in [9.17, 15) is 19.2 Å². The van der Waals surface area contributed by atoms with E-state index in [-0.39, 0.29) is 32.6 Å². The Labute approximate surface area is 310 Å². The highest BCUT2D eigenvalue weighted by molar-refractivity contribution is 6.32. The van der Waals surface area contributed by atoms with Gasteiger partial charge in [-0.3, -0.25) is 14.4 Å². The second-order valence-electron chi connectivity index (χ2n) is 14.1. The van der Waals surface area contributed by atoms with Crippen LogP contribution in [0.1, 0.15) is 58.3 Å². The molecule has 4 rings (SSSR count). The first-order valence-corrected chi connectivity index (χ1v) is 17.7. The predicted molar refractivity (Wildman–Crippen MR) is 195 cm³/mol. The van der Waals surface area contributed by atoms with Crippen molar-refractivity contribution in [3.05, 3.63) is 89.5 Å². The van der Waals surface area contributed by atoms with E-state index < -0.39 is 71.2 Å². The van der Waals surface area contributed by atoms with Crippen molar-refractivity contribution in [2.45, 2.75) is 83.6 Å². The molecule has 0 saturated carbocycles. The summed E-state index contributed by atoms with van der Waals surface area (Å²) in [6, 6.07) is 12.5. The van der Waals surface area contributed by atoms with Crippen LogP contribution in [0.4, 0.5) is 0 Å². The van der Waals surface area contributed by atoms with Gasteiger partial charge >= 0.3 is 5.97 Å². The molecule has 3 amide bonds. The number of rotatable bonds is 10. The van der Waals surface area contributed by atoms with E-state index in [0.717, 1.165) is 5.56 Å². The Hall–Kier alpha value is -4.23. The first-order chi connectivity index (χ1) is 24.6. The Morgan fingerprint density at radius 1 is 1.02 bits per heavy atom. The smallest absolute Gasteiger partial charge is 0.331 e. The zero-order valence-corrected chi connectivity index (χ0v) is 31.4. The highest BCUT2D eigenvalue weighted by Gasteiger charge is 2.47. The van der Waals surface area contributed by atoms with E-state index in [0.29, 0.717) is 16.3 Å². The average Bonchev–Trinajstić information content (AvgIpc) is 3.44. The van der Waals surface area contributed by atoms with Crippen molar-refractivity contribution in [3.8, 4) is 5.75 Å². The summed E-state index contributed by atoms with van der Waals surface area (Å²) < 4.78 is 29.7. The minimum absolute atomic E-state index is 0.103. The predicted octanol–water partition coefficient (Wildman–Crippen LogP) is 4.61. The molecule has 2 aromatic carbocycles. The summed E-state index contributed by atoms with van der Waals surface area (Å²) in [7, 11) is 1.50. The lowest BCUT2D eigenvalue weighted by Crippen LogP contribution is -2.55. The standard InChI is InChI=1S/C39H50ClN3O9/c1-8-19-49-22-29-36(46)50-30(24(2)33-34(52-39(5,6)51-33)26-13-10-9-11-14-26)15-12-16-32(44)42-28(21-25-17-18-31(48-7)27(40)20-25)35(45)41-23-38(3,4)37(47)43-29/h8-14,16-18,20,24,28-30,33-34H,1,15,19,21-23H2,2-7H3,(H,41,45)(H,42,44)(H,43,47)/b16-12+/t24-,28+,29-,30-,33+,34+/m0/s1. The normalized spacial score (nSPS) is 26.6. The minimum atomic E-state index is -1.19. The van der Waals surface area contributed by atoms with Gasteiger partial charge in [-0.2, -0.15) is 0 Å². The molecule has 0 aromatic heterocycles. The van der Waals surface area contributed by atoms with Crippen LogP contribution in [0.5, 0.6) is 5.75 Å². The van der Waals surface area contributed by atoms with Gasteiger partial charge < -0.3 is 39.6 Å². The van der Waals surface area contributed by atoms with Gasteiger partial charge in [0.05, 0.1) is 36.9 Å². The molecule has 0 aliphatic carbocycles. The van der Waals surface area contributed by atoms with Crippen LogP contribution in [-0.2, 0) is 44.5 Å². The number of benzene rings is 2. The Bertz CT molecular complexity index is 1610. The quantitative estimate of drug-likeness (QED) is 0.180. The third-order valence-electron chi connectivity index (χ3n) is 8.99. The zero-order valence-electron chi connectivity index (χ0n) is 30.6. The van der Waals surface area contributed by atoms with Crippen LogP contribution < -0.4 is 20.7 Å². The number of ether oxygens (including phenoxy) is 5. The second kappa shape index (κ2) is 18.0. The summed E-state index contributed by atoms with van der Waals surface area (Å²) in [5.41, 5.74) is 0.393. The fourth-order valence-electron chi connectivity index (χ4n) is 6.00. The van der Waals surface area contributed by atoms with Crippen molar-refractivity contribution in [2.75, 3.05) is 26.9 Å². The highest BCUT2D eigenvalue weighted by Crippen LogP contribution is 2.43. The molecule has 1 fully saturated rings. The minimum Gasteiger partial charge on any atom is -0.495 e. The van der Waals surface area contributed by atoms with Gasteiger partial charge in [-0.15, -0.1) is 6.58 Å². The van der Waals surface area contributed by atoms with Crippen LogP contribution in [-0.4, -0.2) is 80.6 Å². The van der Waals surface area contributed by atoms with E-state index in [1.807, 2.05) is 51.1 Å². The molecule has 0 bridgehead atoms. The van der Waals surface area contributed by atoms with E-state index in [1.54, 1.807) is 38.1 Å². The molecular weight excluding hydrogens is 690 g/mol. The number of methoxy groups -OCH3 is 1. The van der Waals surface area contributed by atoms with E-state index in [1.165, 1.54) is 19.3 Å². The van der Waals surface area contributed by atoms with Crippen molar-refractivity contribution >= 4 is 35.3 Å². The number of hydrogen-bond donors (Lipinski definition) is 3. The number of carbonyl (C=O) groups is 4. The molecule has 1 saturated heterocycles. The average molecular weight is 740 g/mol. The van der Waals surface area contributed by atoms with Crippen molar-refractivity contribution < 1.29 is 42.9 Å². The number of hydrogen-bond acceptors (Lipinski definition) is 9. The molecular formula is C39H50ClN3O9. The van der Waals surface area contributed by atoms with E-state index in [4.69, 9.17) is 35.3 Å². The maximum absolute atomic E-state index is 13.9. The number of halogens is 1. The van der Waals surface area contributed by atoms with Crippen LogP contribution in [0.25, 0.3) is 0 Å². The van der Waals surface area contributed by atoms with Crippen LogP contribution in [0.3, 0.4) is 0 Å². The van der Waals surface area contributed by atoms with Crippen molar-refractivity contribution in [3.63, 3.8) is 0 Å². The lowest BCUT2D eigenvalue weighted by Gasteiger charge is -2.32. The zero-order chi connectivity index (χ0) is 38.1. The highest BCUT2D eigenvalue weighted by atomic mass is 35.5. The maximum Gasteiger partial charge on any atom is 0.331 e. The van der Waals surface area contributed by atoms with Crippen LogP contribution in [0.2, 0.25) is 5.02 Å². The van der Waals surface area contributed by atoms with Gasteiger partial charge in [-0.1, -0.05) is 67.1 Å². The molecule has 2 aromatic rings. The summed E-state index contributed by atoms with van der Waals surface area (Å²) in [6.07, 6.45) is 2.78. The van der Waals surface area contributed by atoms with Gasteiger partial charge in [0, 0.05) is 25.3 Å². The Morgan fingerprint density at radius 2 is 1.75 bits per heavy atom. The Morgan fingerprint density at radius 3 is 2.42 bits per heavy atom. The summed E-state index contributed by atoms with van der Waals surface area (Å²) in [5.74, 6) is -3.21. The van der Waals surface area contributed by atoms with Gasteiger partial charge in [0.15, 0.2) is 11.8 Å². The molecule has 2 aliphatic rings. The van der Waals surface area contributed by atoms with Crippen molar-refractivity contribution in [1.82, 2.24) is 16.0 Å². The molecule has 12 nitrogen and oxygen atoms in total. The number of carbonyl (C=O) groups excluding carboxylic acids is 4. The first-order valence-electron chi connectivity index (χ1n) is 17.3. The number of esters is 1. The third kappa shape index (κ3) is 10.9. The van der Waals surface area contributed by atoms with Crippen molar-refractivity contribution in [1.29, 1.82) is 0 Å². The SMILES string of the molecule is C=CCOC[C@@H]1NC(=O)C(C)(C)CNC(=O)[C@@H](Cc2ccc(OC)c(Cl)c2)NC(=O)/C=C/C[C@@H]([C@H](C)[C@H]2OC(C)(C)O[C@@H]2c2ccccc2)OC1=O. The van der Waals surface area contributed by atoms with E-state index in [2.05, 4.69) is 22.5 Å². The monoisotopic (exact) mass is 739 g/mol. The van der Waals surface area contributed by atoms with Crippen LogP contribution >= 0.6 is 11.6 Å². The van der Waals surface area contributed by atoms with Crippen LogP contribution in [0, 0.1) is 11.3 Å². The second-order valence-corrected chi connectivity index (χ2v) is 14.5. The number of cyclic esters (lactones) is 1. The summed E-state index contributed by atoms with van der Waals surface area (Å²) in [6.45, 7) is 12.3. The van der Waals surface area contributed by atoms with Gasteiger partial charge in [0.1, 0.15) is 24.0 Å². The lowest BCUT2D eigenvalue weighted by molar-refractivity contribution is -0.166. The topological polar surface area (TPSA) is 151 Å². The largest absolute Gasteiger partial charge is 0.495 e. The molecule has 2 heterocycles. The maximum atomic E-state index is 13.9. The summed E-state index contributed by atoms with van der Waals surface area (Å²) in [4.78, 5) is 54.4. The Balaban J connectivity index is 1.68. The summed E-state index contributed by atoms with van der Waals surface area (Å²) >= 11 is 6.35. The molecule has 0 unspecified atom stereocenters. The van der Waals surface area contributed by atoms with Crippen molar-refractivity contribution in [2.24, 2.45) is 11.3 Å². The lowest BCUT2D eigenvalue weighted by atomic mass is 9.89. The Kier molecular flexibility index (Phi) is 14.0. The number of nitrogens with one attached hydrogen (secondary N) is 3. The molecule has 52 heavy (non-hydrogen) atoms. The number of amides is 3. The molecule has 282 valence electrons. The summed E-state index contributed by atoms with van der Waals surface area (Å²) in [5, 5.41) is 8.69. The third-order valence-corrected chi connectivity index (χ3v) is 9.28. The first kappa shape index (κ1) is 40.5. The molecule has 3 N–H and O–H groups in total. The van der Waals surface area contributed by atoms with Gasteiger partial charge in [0.2, 0.25) is 17.7 Å². The fraction of sp³-hybridized carbons (Fsp3) is 0.487. The van der Waals surface area contributed by atoms with Gasteiger partial charge in [-0.25, -0.2) is 4.79 Å². The molecule has 6 atom stereocenters. The van der Waals surface area contributed by atoms with E-state index >= 15 is 0 Å². The van der Waals surface area contributed by atoms with Crippen LogP contribution in [0.15, 0.2) is 73.3 Å². The molecule has 13 heteroatoms. The molecule has 2 aliphatic heterocycles.